The molecule has 0 saturated carbocycles. The summed E-state index contributed by atoms with van der Waals surface area (Å²) in [5.41, 5.74) is 0.634. The van der Waals surface area contributed by atoms with Crippen molar-refractivity contribution in [2.45, 2.75) is 17.9 Å². The third kappa shape index (κ3) is 5.49. The standard InChI is InChI=1S/C21H18ClFN2O4S/c1-14(29-20-5-3-2-4-19(20)22)21(26)24-16-10-12-18(13-11-16)30(27,28)25-17-8-6-15(23)7-9-17/h2-14,25H,1H3,(H,24,26)/t14-/m1/s1. The van der Waals surface area contributed by atoms with Gasteiger partial charge in [0.25, 0.3) is 15.9 Å². The number of anilines is 2. The molecule has 0 radical (unpaired) electrons. The summed E-state index contributed by atoms with van der Waals surface area (Å²) >= 11 is 6.02. The van der Waals surface area contributed by atoms with E-state index in [9.17, 15) is 17.6 Å². The largest absolute Gasteiger partial charge is 0.479 e. The molecule has 3 aromatic rings. The first-order chi connectivity index (χ1) is 14.2. The van der Waals surface area contributed by atoms with Gasteiger partial charge in [0.1, 0.15) is 11.6 Å². The highest BCUT2D eigenvalue weighted by atomic mass is 35.5. The maximum absolute atomic E-state index is 13.0. The van der Waals surface area contributed by atoms with E-state index in [-0.39, 0.29) is 10.6 Å². The predicted molar refractivity (Wildman–Crippen MR) is 114 cm³/mol. The van der Waals surface area contributed by atoms with E-state index < -0.39 is 27.9 Å². The highest BCUT2D eigenvalue weighted by molar-refractivity contribution is 7.92. The number of amides is 1. The van der Waals surface area contributed by atoms with Crippen molar-refractivity contribution < 1.29 is 22.3 Å². The van der Waals surface area contributed by atoms with Gasteiger partial charge in [-0.15, -0.1) is 0 Å². The molecule has 9 heteroatoms. The first-order valence-electron chi connectivity index (χ1n) is 8.85. The highest BCUT2D eigenvalue weighted by Crippen LogP contribution is 2.24. The molecule has 0 fully saturated rings. The number of benzene rings is 3. The zero-order valence-corrected chi connectivity index (χ0v) is 17.4. The lowest BCUT2D eigenvalue weighted by atomic mass is 10.3. The number of nitrogens with one attached hydrogen (secondary N) is 2. The normalized spacial score (nSPS) is 12.1. The van der Waals surface area contributed by atoms with Gasteiger partial charge in [-0.05, 0) is 67.6 Å². The second-order valence-corrected chi connectivity index (χ2v) is 8.41. The Morgan fingerprint density at radius 1 is 0.967 bits per heavy atom. The minimum absolute atomic E-state index is 0.00908. The van der Waals surface area contributed by atoms with Gasteiger partial charge in [-0.3, -0.25) is 9.52 Å². The van der Waals surface area contributed by atoms with Gasteiger partial charge in [-0.2, -0.15) is 0 Å². The van der Waals surface area contributed by atoms with Crippen LogP contribution in [0.1, 0.15) is 6.92 Å². The predicted octanol–water partition coefficient (Wildman–Crippen LogP) is 4.69. The molecule has 0 heterocycles. The fraction of sp³-hybridized carbons (Fsp3) is 0.0952. The lowest BCUT2D eigenvalue weighted by Gasteiger charge is -2.16. The molecule has 3 aromatic carbocycles. The van der Waals surface area contributed by atoms with Gasteiger partial charge >= 0.3 is 0 Å². The van der Waals surface area contributed by atoms with E-state index in [1.54, 1.807) is 31.2 Å². The van der Waals surface area contributed by atoms with E-state index in [2.05, 4.69) is 10.0 Å². The van der Waals surface area contributed by atoms with Gasteiger partial charge in [-0.25, -0.2) is 12.8 Å². The maximum atomic E-state index is 13.0. The van der Waals surface area contributed by atoms with Crippen LogP contribution in [0, 0.1) is 5.82 Å². The van der Waals surface area contributed by atoms with Crippen LogP contribution in [0.5, 0.6) is 5.75 Å². The number of hydrogen-bond acceptors (Lipinski definition) is 4. The van der Waals surface area contributed by atoms with Gasteiger partial charge in [0.15, 0.2) is 6.10 Å². The average Bonchev–Trinajstić information content (AvgIpc) is 2.71. The fourth-order valence-electron chi connectivity index (χ4n) is 2.48. The number of halogens is 2. The van der Waals surface area contributed by atoms with Crippen molar-refractivity contribution in [1.82, 2.24) is 0 Å². The van der Waals surface area contributed by atoms with Gasteiger partial charge in [0.05, 0.1) is 9.92 Å². The van der Waals surface area contributed by atoms with Crippen molar-refractivity contribution in [2.75, 3.05) is 10.0 Å². The summed E-state index contributed by atoms with van der Waals surface area (Å²) in [6.07, 6.45) is -0.826. The number of ether oxygens (including phenoxy) is 1. The molecule has 0 aliphatic carbocycles. The summed E-state index contributed by atoms with van der Waals surface area (Å²) in [6, 6.07) is 17.4. The number of carbonyl (C=O) groups excluding carboxylic acids is 1. The molecule has 1 amide bonds. The van der Waals surface area contributed by atoms with Crippen LogP contribution in [0.15, 0.2) is 77.7 Å². The molecular weight excluding hydrogens is 431 g/mol. The molecule has 0 spiro atoms. The summed E-state index contributed by atoms with van der Waals surface area (Å²) in [5.74, 6) is -0.504. The number of carbonyl (C=O) groups is 1. The molecule has 0 aliphatic rings. The Balaban J connectivity index is 1.64. The van der Waals surface area contributed by atoms with Crippen LogP contribution in [-0.4, -0.2) is 20.4 Å². The maximum Gasteiger partial charge on any atom is 0.265 e. The van der Waals surface area contributed by atoms with Crippen molar-refractivity contribution in [3.63, 3.8) is 0 Å². The molecule has 0 unspecified atom stereocenters. The summed E-state index contributed by atoms with van der Waals surface area (Å²) in [4.78, 5) is 12.3. The number of para-hydroxylation sites is 1. The Hall–Kier alpha value is -3.10. The van der Waals surface area contributed by atoms with Gasteiger partial charge < -0.3 is 10.1 Å². The molecule has 0 bridgehead atoms. The first-order valence-corrected chi connectivity index (χ1v) is 10.7. The molecule has 30 heavy (non-hydrogen) atoms. The third-order valence-electron chi connectivity index (χ3n) is 4.04. The lowest BCUT2D eigenvalue weighted by Crippen LogP contribution is -2.30. The quantitative estimate of drug-likeness (QED) is 0.549. The number of hydrogen-bond donors (Lipinski definition) is 2. The average molecular weight is 449 g/mol. The second-order valence-electron chi connectivity index (χ2n) is 6.32. The summed E-state index contributed by atoms with van der Waals surface area (Å²) < 4.78 is 45.8. The van der Waals surface area contributed by atoms with Crippen molar-refractivity contribution in [1.29, 1.82) is 0 Å². The molecular formula is C21H18ClFN2O4S. The van der Waals surface area contributed by atoms with Crippen LogP contribution in [0.25, 0.3) is 0 Å². The molecule has 6 nitrogen and oxygen atoms in total. The van der Waals surface area contributed by atoms with E-state index in [1.165, 1.54) is 36.4 Å². The Morgan fingerprint density at radius 3 is 2.20 bits per heavy atom. The smallest absolute Gasteiger partial charge is 0.265 e. The summed E-state index contributed by atoms with van der Waals surface area (Å²) in [7, 11) is -3.86. The van der Waals surface area contributed by atoms with Crippen LogP contribution in [0.2, 0.25) is 5.02 Å². The van der Waals surface area contributed by atoms with E-state index in [0.717, 1.165) is 12.1 Å². The van der Waals surface area contributed by atoms with Crippen LogP contribution in [0.4, 0.5) is 15.8 Å². The Labute approximate surface area is 178 Å². The molecule has 0 aromatic heterocycles. The first kappa shape index (κ1) is 21.6. The SMILES string of the molecule is C[C@@H](Oc1ccccc1Cl)C(=O)Nc1ccc(S(=O)(=O)Nc2ccc(F)cc2)cc1. The van der Waals surface area contributed by atoms with E-state index in [0.29, 0.717) is 16.5 Å². The zero-order chi connectivity index (χ0) is 21.7. The minimum Gasteiger partial charge on any atom is -0.479 e. The van der Waals surface area contributed by atoms with Gasteiger partial charge in [-0.1, -0.05) is 23.7 Å². The second kappa shape index (κ2) is 9.15. The molecule has 156 valence electrons. The molecule has 0 saturated heterocycles. The topological polar surface area (TPSA) is 84.5 Å². The lowest BCUT2D eigenvalue weighted by molar-refractivity contribution is -0.122. The van der Waals surface area contributed by atoms with E-state index in [1.807, 2.05) is 0 Å². The summed E-state index contributed by atoms with van der Waals surface area (Å²) in [5, 5.41) is 3.04. The van der Waals surface area contributed by atoms with Gasteiger partial charge in [0, 0.05) is 11.4 Å². The number of sulfonamides is 1. The summed E-state index contributed by atoms with van der Waals surface area (Å²) in [6.45, 7) is 1.57. The van der Waals surface area contributed by atoms with Crippen molar-refractivity contribution in [3.05, 3.63) is 83.6 Å². The molecule has 1 atom stereocenters. The number of rotatable bonds is 7. The van der Waals surface area contributed by atoms with E-state index >= 15 is 0 Å². The highest BCUT2D eigenvalue weighted by Gasteiger charge is 2.18. The Kier molecular flexibility index (Phi) is 6.59. The monoisotopic (exact) mass is 448 g/mol. The van der Waals surface area contributed by atoms with Crippen molar-refractivity contribution in [3.8, 4) is 5.75 Å². The van der Waals surface area contributed by atoms with Gasteiger partial charge in [0.2, 0.25) is 0 Å². The molecule has 0 aliphatic heterocycles. The van der Waals surface area contributed by atoms with Crippen molar-refractivity contribution >= 4 is 38.9 Å². The van der Waals surface area contributed by atoms with Crippen LogP contribution in [0.3, 0.4) is 0 Å². The van der Waals surface area contributed by atoms with Crippen molar-refractivity contribution in [2.24, 2.45) is 0 Å². The fourth-order valence-corrected chi connectivity index (χ4v) is 3.72. The van der Waals surface area contributed by atoms with Crippen LogP contribution < -0.4 is 14.8 Å². The Morgan fingerprint density at radius 2 is 1.57 bits per heavy atom. The molecule has 3 rings (SSSR count). The van der Waals surface area contributed by atoms with E-state index in [4.69, 9.17) is 16.3 Å². The van der Waals surface area contributed by atoms with Crippen LogP contribution in [-0.2, 0) is 14.8 Å². The minimum atomic E-state index is -3.86. The van der Waals surface area contributed by atoms with Crippen LogP contribution >= 0.6 is 11.6 Å². The third-order valence-corrected chi connectivity index (χ3v) is 5.75. The molecule has 2 N–H and O–H groups in total. The zero-order valence-electron chi connectivity index (χ0n) is 15.8. The Bertz CT molecular complexity index is 1140.